The third kappa shape index (κ3) is 2.22. The molecule has 0 saturated carbocycles. The van der Waals surface area contributed by atoms with E-state index in [0.717, 1.165) is 22.6 Å². The van der Waals surface area contributed by atoms with Crippen LogP contribution in [0.4, 0.5) is 0 Å². The average molecular weight is 242 g/mol. The fourth-order valence-corrected chi connectivity index (χ4v) is 1.86. The lowest BCUT2D eigenvalue weighted by Crippen LogP contribution is -2.32. The number of hydrogen-bond donors (Lipinski definition) is 2. The zero-order valence-electron chi connectivity index (χ0n) is 10.3. The first kappa shape index (κ1) is 12.2. The van der Waals surface area contributed by atoms with Crippen LogP contribution >= 0.6 is 0 Å². The number of hydrogen-bond acceptors (Lipinski definition) is 4. The first-order valence-electron chi connectivity index (χ1n) is 5.57. The summed E-state index contributed by atoms with van der Waals surface area (Å²) in [6.45, 7) is 1.81. The standard InChI is InChI=1S/C14H14N2O2/c1-9-7-13(16-14(17)12(9)8-15)10-3-5-11(18-2)6-4-10/h3-7,14,16-17H,1-2H3. The van der Waals surface area contributed by atoms with Crippen molar-refractivity contribution in [1.29, 1.82) is 5.26 Å². The number of nitriles is 1. The molecule has 1 heterocycles. The van der Waals surface area contributed by atoms with Gasteiger partial charge in [-0.15, -0.1) is 0 Å². The second-order valence-electron chi connectivity index (χ2n) is 4.04. The van der Waals surface area contributed by atoms with E-state index in [0.29, 0.717) is 5.57 Å². The monoisotopic (exact) mass is 242 g/mol. The maximum Gasteiger partial charge on any atom is 0.161 e. The summed E-state index contributed by atoms with van der Waals surface area (Å²) in [5, 5.41) is 21.6. The smallest absolute Gasteiger partial charge is 0.161 e. The molecule has 0 radical (unpaired) electrons. The van der Waals surface area contributed by atoms with E-state index in [9.17, 15) is 5.11 Å². The maximum atomic E-state index is 9.81. The number of dihydropyridines is 1. The highest BCUT2D eigenvalue weighted by Gasteiger charge is 2.19. The van der Waals surface area contributed by atoms with Gasteiger partial charge in [0.1, 0.15) is 5.75 Å². The largest absolute Gasteiger partial charge is 0.497 e. The summed E-state index contributed by atoms with van der Waals surface area (Å²) in [4.78, 5) is 0. The van der Waals surface area contributed by atoms with E-state index in [1.54, 1.807) is 7.11 Å². The predicted molar refractivity (Wildman–Crippen MR) is 68.4 cm³/mol. The van der Waals surface area contributed by atoms with Gasteiger partial charge in [-0.2, -0.15) is 5.26 Å². The van der Waals surface area contributed by atoms with E-state index < -0.39 is 6.23 Å². The molecule has 92 valence electrons. The molecule has 4 heteroatoms. The average Bonchev–Trinajstić information content (AvgIpc) is 2.38. The number of rotatable bonds is 2. The Morgan fingerprint density at radius 3 is 2.50 bits per heavy atom. The minimum absolute atomic E-state index is 0.354. The van der Waals surface area contributed by atoms with Crippen molar-refractivity contribution in [2.24, 2.45) is 0 Å². The van der Waals surface area contributed by atoms with Gasteiger partial charge in [0.15, 0.2) is 6.23 Å². The molecular weight excluding hydrogens is 228 g/mol. The fraction of sp³-hybridized carbons (Fsp3) is 0.214. The molecule has 4 nitrogen and oxygen atoms in total. The Hall–Kier alpha value is -2.25. The predicted octanol–water partition coefficient (Wildman–Crippen LogP) is 1.80. The molecule has 0 bridgehead atoms. The van der Waals surface area contributed by atoms with Crippen LogP contribution < -0.4 is 10.1 Å². The molecule has 1 aliphatic rings. The van der Waals surface area contributed by atoms with E-state index >= 15 is 0 Å². The van der Waals surface area contributed by atoms with Crippen LogP contribution in [0, 0.1) is 11.3 Å². The van der Waals surface area contributed by atoms with Gasteiger partial charge in [-0.05, 0) is 48.4 Å². The molecule has 1 aliphatic heterocycles. The van der Waals surface area contributed by atoms with Gasteiger partial charge >= 0.3 is 0 Å². The van der Waals surface area contributed by atoms with Crippen molar-refractivity contribution in [1.82, 2.24) is 5.32 Å². The fourth-order valence-electron chi connectivity index (χ4n) is 1.86. The molecule has 1 aromatic carbocycles. The van der Waals surface area contributed by atoms with E-state index in [1.807, 2.05) is 43.3 Å². The van der Waals surface area contributed by atoms with Crippen LogP contribution in [0.2, 0.25) is 0 Å². The van der Waals surface area contributed by atoms with Crippen LogP contribution in [0.3, 0.4) is 0 Å². The van der Waals surface area contributed by atoms with E-state index in [4.69, 9.17) is 10.00 Å². The lowest BCUT2D eigenvalue weighted by Gasteiger charge is -2.22. The van der Waals surface area contributed by atoms with Crippen molar-refractivity contribution in [2.45, 2.75) is 13.2 Å². The van der Waals surface area contributed by atoms with Crippen LogP contribution in [0.5, 0.6) is 5.75 Å². The van der Waals surface area contributed by atoms with Gasteiger partial charge in [-0.25, -0.2) is 0 Å². The summed E-state index contributed by atoms with van der Waals surface area (Å²) in [7, 11) is 1.61. The third-order valence-corrected chi connectivity index (χ3v) is 2.87. The molecule has 1 unspecified atom stereocenters. The first-order valence-corrected chi connectivity index (χ1v) is 5.57. The molecule has 0 aromatic heterocycles. The second kappa shape index (κ2) is 4.94. The lowest BCUT2D eigenvalue weighted by molar-refractivity contribution is 0.195. The number of allylic oxidation sites excluding steroid dienone is 2. The summed E-state index contributed by atoms with van der Waals surface area (Å²) in [5.41, 5.74) is 2.86. The summed E-state index contributed by atoms with van der Waals surface area (Å²) >= 11 is 0. The first-order chi connectivity index (χ1) is 8.65. The number of benzene rings is 1. The van der Waals surface area contributed by atoms with Crippen molar-refractivity contribution in [3.8, 4) is 11.8 Å². The minimum Gasteiger partial charge on any atom is -0.497 e. The van der Waals surface area contributed by atoms with Crippen LogP contribution in [-0.4, -0.2) is 18.4 Å². The highest BCUT2D eigenvalue weighted by Crippen LogP contribution is 2.24. The maximum absolute atomic E-state index is 9.81. The number of nitrogens with zero attached hydrogens (tertiary/aromatic N) is 1. The molecule has 18 heavy (non-hydrogen) atoms. The van der Waals surface area contributed by atoms with E-state index in [2.05, 4.69) is 5.32 Å². The van der Waals surface area contributed by atoms with Crippen LogP contribution in [0.1, 0.15) is 12.5 Å². The van der Waals surface area contributed by atoms with Crippen molar-refractivity contribution < 1.29 is 9.84 Å². The van der Waals surface area contributed by atoms with Crippen LogP contribution in [-0.2, 0) is 0 Å². The molecular formula is C14H14N2O2. The number of aliphatic hydroxyl groups excluding tert-OH is 1. The number of nitrogens with one attached hydrogen (secondary N) is 1. The molecule has 2 N–H and O–H groups in total. The SMILES string of the molecule is COc1ccc(C2=CC(C)=C(C#N)C(O)N2)cc1. The normalized spacial score (nSPS) is 18.8. The zero-order chi connectivity index (χ0) is 13.1. The van der Waals surface area contributed by atoms with Crippen molar-refractivity contribution in [3.05, 3.63) is 47.1 Å². The van der Waals surface area contributed by atoms with E-state index in [-0.39, 0.29) is 0 Å². The second-order valence-corrected chi connectivity index (χ2v) is 4.04. The molecule has 1 aromatic rings. The van der Waals surface area contributed by atoms with Gasteiger partial charge < -0.3 is 15.2 Å². The molecule has 0 fully saturated rings. The van der Waals surface area contributed by atoms with Crippen LogP contribution in [0.15, 0.2) is 41.5 Å². The van der Waals surface area contributed by atoms with Crippen molar-refractivity contribution in [3.63, 3.8) is 0 Å². The number of methoxy groups -OCH3 is 1. The highest BCUT2D eigenvalue weighted by atomic mass is 16.5. The van der Waals surface area contributed by atoms with Gasteiger partial charge in [0.2, 0.25) is 0 Å². The zero-order valence-corrected chi connectivity index (χ0v) is 10.3. The highest BCUT2D eigenvalue weighted by molar-refractivity contribution is 5.70. The lowest BCUT2D eigenvalue weighted by atomic mass is 10.0. The number of ether oxygens (including phenoxy) is 1. The summed E-state index contributed by atoms with van der Waals surface area (Å²) < 4.78 is 5.09. The molecule has 0 spiro atoms. The Labute approximate surface area is 106 Å². The molecule has 2 rings (SSSR count). The van der Waals surface area contributed by atoms with Gasteiger partial charge in [0, 0.05) is 5.70 Å². The Bertz CT molecular complexity index is 550. The molecule has 1 atom stereocenters. The summed E-state index contributed by atoms with van der Waals surface area (Å²) in [5.74, 6) is 0.778. The summed E-state index contributed by atoms with van der Waals surface area (Å²) in [6, 6.07) is 9.49. The minimum atomic E-state index is -0.947. The molecule has 0 aliphatic carbocycles. The summed E-state index contributed by atoms with van der Waals surface area (Å²) in [6.07, 6.45) is 0.907. The Morgan fingerprint density at radius 1 is 1.33 bits per heavy atom. The quantitative estimate of drug-likeness (QED) is 0.830. The Kier molecular flexibility index (Phi) is 3.35. The molecule has 0 amide bonds. The van der Waals surface area contributed by atoms with Crippen molar-refractivity contribution >= 4 is 5.70 Å². The number of aliphatic hydroxyl groups is 1. The third-order valence-electron chi connectivity index (χ3n) is 2.87. The Balaban J connectivity index is 2.35. The van der Waals surface area contributed by atoms with Gasteiger partial charge in [0.25, 0.3) is 0 Å². The van der Waals surface area contributed by atoms with Gasteiger partial charge in [-0.1, -0.05) is 0 Å². The van der Waals surface area contributed by atoms with Crippen molar-refractivity contribution in [2.75, 3.05) is 7.11 Å². The molecule has 0 saturated heterocycles. The van der Waals surface area contributed by atoms with Gasteiger partial charge in [-0.3, -0.25) is 0 Å². The topological polar surface area (TPSA) is 65.3 Å². The van der Waals surface area contributed by atoms with Gasteiger partial charge in [0.05, 0.1) is 18.8 Å². The van der Waals surface area contributed by atoms with E-state index in [1.165, 1.54) is 0 Å². The van der Waals surface area contributed by atoms with Crippen LogP contribution in [0.25, 0.3) is 5.70 Å². The Morgan fingerprint density at radius 2 is 2.00 bits per heavy atom.